The topological polar surface area (TPSA) is 24.4 Å². The summed E-state index contributed by atoms with van der Waals surface area (Å²) in [5, 5.41) is 4.62. The van der Waals surface area contributed by atoms with Crippen LogP contribution in [0.1, 0.15) is 32.1 Å². The molecule has 0 atom stereocenters. The second-order valence-corrected chi connectivity index (χ2v) is 4.98. The zero-order valence-corrected chi connectivity index (χ0v) is 8.91. The second-order valence-electron chi connectivity index (χ2n) is 3.90. The molecule has 3 heteroatoms. The number of hydrogen-bond donors (Lipinski definition) is 1. The van der Waals surface area contributed by atoms with Crippen molar-refractivity contribution in [1.29, 1.82) is 0 Å². The fraction of sp³-hybridized carbons (Fsp3) is 0.900. The zero-order valence-electron chi connectivity index (χ0n) is 8.09. The van der Waals surface area contributed by atoms with Gasteiger partial charge in [-0.05, 0) is 18.8 Å². The van der Waals surface area contributed by atoms with Crippen LogP contribution in [0.3, 0.4) is 0 Å². The van der Waals surface area contributed by atoms with E-state index in [4.69, 9.17) is 0 Å². The Morgan fingerprint density at radius 3 is 2.92 bits per heavy atom. The number of thioether (sulfide) groups is 1. The number of aliphatic imine (C=N–C) groups is 1. The van der Waals surface area contributed by atoms with E-state index in [0.29, 0.717) is 0 Å². The molecule has 0 bridgehead atoms. The van der Waals surface area contributed by atoms with E-state index in [0.717, 1.165) is 19.0 Å². The van der Waals surface area contributed by atoms with Crippen LogP contribution in [-0.2, 0) is 0 Å². The molecule has 0 spiro atoms. The van der Waals surface area contributed by atoms with E-state index in [-0.39, 0.29) is 0 Å². The first-order valence-electron chi connectivity index (χ1n) is 5.36. The minimum absolute atomic E-state index is 1.02. The molecule has 0 saturated heterocycles. The Hall–Kier alpha value is -0.180. The van der Waals surface area contributed by atoms with Gasteiger partial charge in [-0.3, -0.25) is 4.99 Å². The highest BCUT2D eigenvalue weighted by Gasteiger charge is 2.16. The van der Waals surface area contributed by atoms with Gasteiger partial charge in [-0.1, -0.05) is 31.0 Å². The van der Waals surface area contributed by atoms with Gasteiger partial charge >= 0.3 is 0 Å². The largest absolute Gasteiger partial charge is 0.365 e. The summed E-state index contributed by atoms with van der Waals surface area (Å²) in [5.41, 5.74) is 0. The molecule has 0 radical (unpaired) electrons. The van der Waals surface area contributed by atoms with Crippen molar-refractivity contribution in [2.45, 2.75) is 32.1 Å². The van der Waals surface area contributed by atoms with Crippen molar-refractivity contribution in [3.63, 3.8) is 0 Å². The highest BCUT2D eigenvalue weighted by Crippen LogP contribution is 2.28. The molecule has 1 fully saturated rings. The van der Waals surface area contributed by atoms with Crippen LogP contribution in [0.2, 0.25) is 0 Å². The first-order valence-corrected chi connectivity index (χ1v) is 6.35. The third-order valence-electron chi connectivity index (χ3n) is 2.85. The van der Waals surface area contributed by atoms with Crippen molar-refractivity contribution < 1.29 is 0 Å². The molecule has 1 aliphatic carbocycles. The summed E-state index contributed by atoms with van der Waals surface area (Å²) >= 11 is 1.88. The number of hydrogen-bond acceptors (Lipinski definition) is 3. The molecule has 13 heavy (non-hydrogen) atoms. The molecule has 2 aliphatic rings. The molecule has 0 aromatic carbocycles. The van der Waals surface area contributed by atoms with Gasteiger partial charge < -0.3 is 5.32 Å². The SMILES string of the molecule is C1CN=C(NCCC2CCC2)SC1. The standard InChI is InChI=1S/C10H18N2S/c1-3-9(4-1)5-7-12-10-11-6-2-8-13-10/h9H,1-8H2,(H,11,12). The van der Waals surface area contributed by atoms with Crippen molar-refractivity contribution in [3.05, 3.63) is 0 Å². The summed E-state index contributed by atoms with van der Waals surface area (Å²) in [7, 11) is 0. The van der Waals surface area contributed by atoms with E-state index in [1.807, 2.05) is 11.8 Å². The molecule has 0 aromatic heterocycles. The normalized spacial score (nSPS) is 23.5. The minimum Gasteiger partial charge on any atom is -0.365 e. The Balaban J connectivity index is 1.58. The molecule has 1 aliphatic heterocycles. The summed E-state index contributed by atoms with van der Waals surface area (Å²) in [6, 6.07) is 0. The van der Waals surface area contributed by atoms with Gasteiger partial charge in [0, 0.05) is 18.8 Å². The molecule has 1 N–H and O–H groups in total. The average Bonchev–Trinajstić information content (AvgIpc) is 2.11. The summed E-state index contributed by atoms with van der Waals surface area (Å²) in [5.74, 6) is 2.26. The van der Waals surface area contributed by atoms with Crippen molar-refractivity contribution in [2.24, 2.45) is 10.9 Å². The van der Waals surface area contributed by atoms with Crippen LogP contribution in [0, 0.1) is 5.92 Å². The zero-order chi connectivity index (χ0) is 8.93. The van der Waals surface area contributed by atoms with Crippen LogP contribution in [0.5, 0.6) is 0 Å². The number of rotatable bonds is 3. The van der Waals surface area contributed by atoms with Crippen LogP contribution >= 0.6 is 11.8 Å². The van der Waals surface area contributed by atoms with Crippen molar-refractivity contribution in [2.75, 3.05) is 18.8 Å². The van der Waals surface area contributed by atoms with Gasteiger partial charge in [0.2, 0.25) is 0 Å². The van der Waals surface area contributed by atoms with Gasteiger partial charge in [-0.15, -0.1) is 0 Å². The smallest absolute Gasteiger partial charge is 0.156 e. The minimum atomic E-state index is 1.02. The lowest BCUT2D eigenvalue weighted by Crippen LogP contribution is -2.27. The third kappa shape index (κ3) is 2.90. The quantitative estimate of drug-likeness (QED) is 0.752. The van der Waals surface area contributed by atoms with E-state index in [2.05, 4.69) is 10.3 Å². The number of nitrogens with one attached hydrogen (secondary N) is 1. The molecule has 1 saturated carbocycles. The maximum Gasteiger partial charge on any atom is 0.156 e. The maximum atomic E-state index is 4.44. The molecule has 0 aromatic rings. The number of amidine groups is 1. The highest BCUT2D eigenvalue weighted by molar-refractivity contribution is 8.13. The summed E-state index contributed by atoms with van der Waals surface area (Å²) in [6.07, 6.45) is 6.97. The summed E-state index contributed by atoms with van der Waals surface area (Å²) < 4.78 is 0. The van der Waals surface area contributed by atoms with E-state index < -0.39 is 0 Å². The average molecular weight is 198 g/mol. The molecule has 2 rings (SSSR count). The van der Waals surface area contributed by atoms with Gasteiger partial charge in [0.1, 0.15) is 0 Å². The van der Waals surface area contributed by atoms with E-state index >= 15 is 0 Å². The van der Waals surface area contributed by atoms with Gasteiger partial charge in [0.25, 0.3) is 0 Å². The van der Waals surface area contributed by atoms with E-state index in [9.17, 15) is 0 Å². The first kappa shape index (κ1) is 9.38. The fourth-order valence-electron chi connectivity index (χ4n) is 1.73. The first-order chi connectivity index (χ1) is 6.45. The van der Waals surface area contributed by atoms with Crippen LogP contribution < -0.4 is 5.32 Å². The maximum absolute atomic E-state index is 4.44. The second kappa shape index (κ2) is 4.89. The van der Waals surface area contributed by atoms with Crippen molar-refractivity contribution in [1.82, 2.24) is 5.32 Å². The van der Waals surface area contributed by atoms with Gasteiger partial charge in [-0.25, -0.2) is 0 Å². The predicted octanol–water partition coefficient (Wildman–Crippen LogP) is 2.26. The lowest BCUT2D eigenvalue weighted by Gasteiger charge is -2.25. The monoisotopic (exact) mass is 198 g/mol. The summed E-state index contributed by atoms with van der Waals surface area (Å²) in [6.45, 7) is 2.16. The van der Waals surface area contributed by atoms with Crippen LogP contribution in [0.4, 0.5) is 0 Å². The highest BCUT2D eigenvalue weighted by atomic mass is 32.2. The third-order valence-corrected chi connectivity index (χ3v) is 3.89. The van der Waals surface area contributed by atoms with Crippen LogP contribution in [0.25, 0.3) is 0 Å². The van der Waals surface area contributed by atoms with Crippen LogP contribution in [-0.4, -0.2) is 24.0 Å². The Bertz CT molecular complexity index is 187. The molecule has 1 heterocycles. The molecular formula is C10H18N2S. The lowest BCUT2D eigenvalue weighted by atomic mass is 9.83. The molecule has 0 amide bonds. The predicted molar refractivity (Wildman–Crippen MR) is 59.3 cm³/mol. The molecule has 74 valence electrons. The Morgan fingerprint density at radius 1 is 1.38 bits per heavy atom. The Labute approximate surface area is 84.6 Å². The summed E-state index contributed by atoms with van der Waals surface area (Å²) in [4.78, 5) is 4.44. The fourth-order valence-corrected chi connectivity index (χ4v) is 2.58. The molecule has 0 unspecified atom stereocenters. The van der Waals surface area contributed by atoms with Crippen molar-refractivity contribution in [3.8, 4) is 0 Å². The molecule has 2 nitrogen and oxygen atoms in total. The van der Waals surface area contributed by atoms with Gasteiger partial charge in [0.05, 0.1) is 0 Å². The van der Waals surface area contributed by atoms with Crippen LogP contribution in [0.15, 0.2) is 4.99 Å². The lowest BCUT2D eigenvalue weighted by molar-refractivity contribution is 0.297. The van der Waals surface area contributed by atoms with E-state index in [1.54, 1.807) is 0 Å². The number of nitrogens with zero attached hydrogens (tertiary/aromatic N) is 1. The Morgan fingerprint density at radius 2 is 2.31 bits per heavy atom. The molecular weight excluding hydrogens is 180 g/mol. The van der Waals surface area contributed by atoms with Gasteiger partial charge in [-0.2, -0.15) is 0 Å². The van der Waals surface area contributed by atoms with E-state index in [1.165, 1.54) is 43.0 Å². The Kier molecular flexibility index (Phi) is 3.53. The van der Waals surface area contributed by atoms with Gasteiger partial charge in [0.15, 0.2) is 5.17 Å². The van der Waals surface area contributed by atoms with Crippen molar-refractivity contribution >= 4 is 16.9 Å².